The van der Waals surface area contributed by atoms with Gasteiger partial charge in [0.05, 0.1) is 19.3 Å². The molecule has 2 rings (SSSR count). The van der Waals surface area contributed by atoms with Crippen LogP contribution in [0.1, 0.15) is 6.92 Å². The number of aliphatic carboxylic acids is 1. The molecule has 12 nitrogen and oxygen atoms in total. The predicted octanol–water partition coefficient (Wildman–Crippen LogP) is -7.11. The molecule has 2 aliphatic heterocycles. The van der Waals surface area contributed by atoms with Gasteiger partial charge in [0.2, 0.25) is 12.0 Å². The fourth-order valence-corrected chi connectivity index (χ4v) is 2.86. The summed E-state index contributed by atoms with van der Waals surface area (Å²) < 4.78 is 15.3. The van der Waals surface area contributed by atoms with Gasteiger partial charge >= 0.3 is 35.5 Å². The van der Waals surface area contributed by atoms with Gasteiger partial charge in [-0.25, -0.2) is 4.79 Å². The van der Waals surface area contributed by atoms with Crippen molar-refractivity contribution in [1.82, 2.24) is 0 Å². The van der Waals surface area contributed by atoms with Gasteiger partial charge in [-0.3, -0.25) is 4.99 Å². The number of rotatable bonds is 6. The third-order valence-electron chi connectivity index (χ3n) is 4.23. The number of carbonyl (C=O) groups is 1. The maximum absolute atomic E-state index is 11.3. The van der Waals surface area contributed by atoms with E-state index in [1.807, 2.05) is 0 Å². The van der Waals surface area contributed by atoms with E-state index in [1.54, 1.807) is 0 Å². The third kappa shape index (κ3) is 5.86. The van der Waals surface area contributed by atoms with E-state index in [1.165, 1.54) is 0 Å². The van der Waals surface area contributed by atoms with E-state index in [9.17, 15) is 35.4 Å². The average molecular weight is 415 g/mol. The molecule has 1 fully saturated rings. The smallest absolute Gasteiger partial charge is 0.862 e. The molecule has 0 spiro atoms. The first kappa shape index (κ1) is 25.2. The van der Waals surface area contributed by atoms with Crippen molar-refractivity contribution in [2.45, 2.75) is 50.0 Å². The van der Waals surface area contributed by atoms with Crippen LogP contribution in [0.15, 0.2) is 16.8 Å². The molecule has 0 radical (unpaired) electrons. The van der Waals surface area contributed by atoms with E-state index < -0.39 is 79.8 Å². The molecule has 13 heteroatoms. The Bertz CT molecular complexity index is 597. The summed E-state index contributed by atoms with van der Waals surface area (Å²) in [4.78, 5) is 14.7. The van der Waals surface area contributed by atoms with Gasteiger partial charge in [0, 0.05) is 5.92 Å². The maximum Gasteiger partial charge on any atom is 1.00 e. The Kier molecular flexibility index (Phi) is 9.76. The molecule has 154 valence electrons. The van der Waals surface area contributed by atoms with Gasteiger partial charge in [-0.05, 0) is 18.9 Å². The molecule has 0 aliphatic carbocycles. The first-order chi connectivity index (χ1) is 12.6. The summed E-state index contributed by atoms with van der Waals surface area (Å²) in [6.45, 7) is 0.0407. The van der Waals surface area contributed by atoms with E-state index in [0.29, 0.717) is 0 Å². The van der Waals surface area contributed by atoms with Crippen molar-refractivity contribution < 1.29 is 84.3 Å². The molecule has 2 heterocycles. The number of carboxylic acids is 1. The summed E-state index contributed by atoms with van der Waals surface area (Å²) in [7, 11) is 0. The number of aliphatic imine (C=N–C) groups is 1. The van der Waals surface area contributed by atoms with Crippen LogP contribution in [0.25, 0.3) is 0 Å². The summed E-state index contributed by atoms with van der Waals surface area (Å²) in [6, 6.07) is -1.24. The minimum absolute atomic E-state index is 0. The minimum atomic E-state index is -1.62. The van der Waals surface area contributed by atoms with Crippen LogP contribution in [0.4, 0.5) is 0 Å². The Labute approximate surface area is 182 Å². The quantitative estimate of drug-likeness (QED) is 0.137. The second-order valence-electron chi connectivity index (χ2n) is 6.18. The van der Waals surface area contributed by atoms with Crippen LogP contribution in [-0.2, 0) is 19.0 Å². The molecular formula is C15H22NNaO11. The van der Waals surface area contributed by atoms with Crippen LogP contribution in [0.5, 0.6) is 0 Å². The summed E-state index contributed by atoms with van der Waals surface area (Å²) in [5.74, 6) is -3.82. The Hall–Kier alpha value is -0.800. The largest absolute Gasteiger partial charge is 1.00 e. The van der Waals surface area contributed by atoms with Crippen LogP contribution < -0.4 is 34.7 Å². The molecule has 1 saturated heterocycles. The van der Waals surface area contributed by atoms with Crippen molar-refractivity contribution in [3.05, 3.63) is 11.8 Å². The van der Waals surface area contributed by atoms with Gasteiger partial charge in [-0.2, -0.15) is 0 Å². The minimum Gasteiger partial charge on any atom is -0.862 e. The normalized spacial score (nSPS) is 38.8. The van der Waals surface area contributed by atoms with Gasteiger partial charge in [-0.15, -0.1) is 0 Å². The molecule has 28 heavy (non-hydrogen) atoms. The van der Waals surface area contributed by atoms with E-state index in [4.69, 9.17) is 19.3 Å². The molecule has 0 saturated carbocycles. The number of carboxylic acid groups (broad SMARTS) is 1. The van der Waals surface area contributed by atoms with E-state index in [0.717, 1.165) is 13.0 Å². The molecule has 0 aromatic heterocycles. The first-order valence-electron chi connectivity index (χ1n) is 8.09. The third-order valence-corrected chi connectivity index (χ3v) is 4.23. The number of ether oxygens (including phenoxy) is 3. The van der Waals surface area contributed by atoms with Crippen molar-refractivity contribution >= 4 is 11.9 Å². The van der Waals surface area contributed by atoms with Crippen LogP contribution in [0.2, 0.25) is 0 Å². The summed E-state index contributed by atoms with van der Waals surface area (Å²) in [6.07, 6.45) is -8.16. The molecule has 8 atom stereocenters. The Morgan fingerprint density at radius 2 is 1.93 bits per heavy atom. The standard InChI is InChI=1S/C15H23NO11.Na/c1-5(18)16-10-6(11(20)9(3-17)26-14(10)24)4-25-15-12(21)7(19)2-8(27-15)13(22)23;/h2,6-7,9-12,14-15,17,19-21,24H,3-4H2,1H3,(H,16,18)(H,22,23);/q;+1/p-1/t6-,7+,9-,10-,11-,12+,14?,15-;/m1./s1. The van der Waals surface area contributed by atoms with Crippen LogP contribution in [0, 0.1) is 5.92 Å². The first-order valence-corrected chi connectivity index (χ1v) is 8.09. The van der Waals surface area contributed by atoms with Gasteiger partial charge in [-0.1, -0.05) is 0 Å². The van der Waals surface area contributed by atoms with Crippen molar-refractivity contribution in [3.63, 3.8) is 0 Å². The number of hydrogen-bond donors (Lipinski definition) is 6. The number of aliphatic hydroxyl groups is 5. The monoisotopic (exact) mass is 415 g/mol. The zero-order valence-corrected chi connectivity index (χ0v) is 17.3. The molecule has 2 aliphatic rings. The number of hydrogen-bond acceptors (Lipinski definition) is 11. The second-order valence-corrected chi connectivity index (χ2v) is 6.18. The van der Waals surface area contributed by atoms with Crippen molar-refractivity contribution in [1.29, 1.82) is 0 Å². The van der Waals surface area contributed by atoms with Crippen LogP contribution in [-0.4, -0.2) is 98.8 Å². The molecule has 0 aromatic carbocycles. The van der Waals surface area contributed by atoms with Crippen LogP contribution >= 0.6 is 0 Å². The Morgan fingerprint density at radius 3 is 2.46 bits per heavy atom. The topological polar surface area (TPSA) is 202 Å². The fraction of sp³-hybridized carbons (Fsp3) is 0.733. The van der Waals surface area contributed by atoms with E-state index in [-0.39, 0.29) is 29.6 Å². The molecule has 0 aromatic rings. The van der Waals surface area contributed by atoms with Gasteiger partial charge in [0.25, 0.3) is 0 Å². The number of nitrogens with zero attached hydrogens (tertiary/aromatic N) is 1. The second kappa shape index (κ2) is 10.8. The van der Waals surface area contributed by atoms with Gasteiger partial charge < -0.3 is 50.0 Å². The van der Waals surface area contributed by atoms with Crippen molar-refractivity contribution in [3.8, 4) is 0 Å². The average Bonchev–Trinajstić information content (AvgIpc) is 2.60. The molecule has 0 amide bonds. The fourth-order valence-electron chi connectivity index (χ4n) is 2.86. The molecule has 0 bridgehead atoms. The molecule has 1 unspecified atom stereocenters. The Balaban J connectivity index is 0.00000392. The SMILES string of the molecule is CC([O-])=N[C@H]1C(O)O[C@H](CO)[C@H](O)[C@@H]1CO[C@@H]1OC(C(=O)O)=C[C@H](O)[C@@H]1O.[Na+]. The van der Waals surface area contributed by atoms with Crippen molar-refractivity contribution in [2.75, 3.05) is 13.2 Å². The summed E-state index contributed by atoms with van der Waals surface area (Å²) in [5.41, 5.74) is 0. The Morgan fingerprint density at radius 1 is 1.29 bits per heavy atom. The van der Waals surface area contributed by atoms with Gasteiger partial charge in [0.15, 0.2) is 6.29 Å². The zero-order valence-electron chi connectivity index (χ0n) is 15.3. The van der Waals surface area contributed by atoms with E-state index >= 15 is 0 Å². The van der Waals surface area contributed by atoms with Crippen LogP contribution in [0.3, 0.4) is 0 Å². The molecule has 6 N–H and O–H groups in total. The maximum atomic E-state index is 11.3. The van der Waals surface area contributed by atoms with Crippen molar-refractivity contribution in [2.24, 2.45) is 10.9 Å². The zero-order chi connectivity index (χ0) is 20.3. The summed E-state index contributed by atoms with van der Waals surface area (Å²) >= 11 is 0. The van der Waals surface area contributed by atoms with Gasteiger partial charge in [0.1, 0.15) is 24.4 Å². The predicted molar refractivity (Wildman–Crippen MR) is 82.9 cm³/mol. The van der Waals surface area contributed by atoms with E-state index in [2.05, 4.69) is 4.99 Å². The molecular weight excluding hydrogens is 393 g/mol. The number of aliphatic hydroxyl groups excluding tert-OH is 5. The summed E-state index contributed by atoms with van der Waals surface area (Å²) in [5, 5.41) is 69.4.